The van der Waals surface area contributed by atoms with Crippen molar-refractivity contribution >= 4 is 28.9 Å². The van der Waals surface area contributed by atoms with Crippen LogP contribution in [0.2, 0.25) is 0 Å². The van der Waals surface area contributed by atoms with E-state index in [4.69, 9.17) is 4.74 Å². The molecule has 144 valence electrons. The molecule has 0 atom stereocenters. The van der Waals surface area contributed by atoms with Gasteiger partial charge in [-0.15, -0.1) is 11.3 Å². The highest BCUT2D eigenvalue weighted by atomic mass is 32.1. The number of hydrogen-bond donors (Lipinski definition) is 1. The van der Waals surface area contributed by atoms with Crippen molar-refractivity contribution in [1.82, 2.24) is 4.98 Å². The largest absolute Gasteiger partial charge is 0.451 e. The van der Waals surface area contributed by atoms with Crippen molar-refractivity contribution < 1.29 is 14.3 Å². The molecule has 0 unspecified atom stereocenters. The second-order valence-electron chi connectivity index (χ2n) is 6.27. The summed E-state index contributed by atoms with van der Waals surface area (Å²) in [6.45, 7) is 3.79. The van der Waals surface area contributed by atoms with Crippen molar-refractivity contribution in [2.45, 2.75) is 26.7 Å². The van der Waals surface area contributed by atoms with Crippen LogP contribution in [-0.4, -0.2) is 23.5 Å². The number of aryl methyl sites for hydroxylation is 2. The SMILES string of the molecule is CCc1ccc(-c2nc(C(=O)OCC(=O)Nc3cccc(CC)c3)cs2)cc1. The Labute approximate surface area is 168 Å². The zero-order chi connectivity index (χ0) is 19.9. The van der Waals surface area contributed by atoms with Crippen molar-refractivity contribution in [3.8, 4) is 10.6 Å². The lowest BCUT2D eigenvalue weighted by molar-refractivity contribution is -0.119. The number of nitrogens with zero attached hydrogens (tertiary/aromatic N) is 1. The van der Waals surface area contributed by atoms with Crippen molar-refractivity contribution in [2.24, 2.45) is 0 Å². The summed E-state index contributed by atoms with van der Waals surface area (Å²) in [4.78, 5) is 28.6. The lowest BCUT2D eigenvalue weighted by Crippen LogP contribution is -2.21. The smallest absolute Gasteiger partial charge is 0.358 e. The lowest BCUT2D eigenvalue weighted by atomic mass is 10.1. The number of ether oxygens (including phenoxy) is 1. The van der Waals surface area contributed by atoms with Gasteiger partial charge in [0, 0.05) is 16.6 Å². The molecule has 1 aromatic heterocycles. The first-order chi connectivity index (χ1) is 13.6. The summed E-state index contributed by atoms with van der Waals surface area (Å²) in [5.41, 5.74) is 4.22. The Kier molecular flexibility index (Phi) is 6.55. The second-order valence-corrected chi connectivity index (χ2v) is 7.12. The third-order valence-corrected chi connectivity index (χ3v) is 5.17. The Morgan fingerprint density at radius 3 is 2.50 bits per heavy atom. The van der Waals surface area contributed by atoms with Crippen molar-refractivity contribution in [1.29, 1.82) is 0 Å². The number of aromatic nitrogens is 1. The molecule has 0 radical (unpaired) electrons. The highest BCUT2D eigenvalue weighted by Gasteiger charge is 2.15. The molecule has 3 rings (SSSR count). The quantitative estimate of drug-likeness (QED) is 0.588. The molecule has 28 heavy (non-hydrogen) atoms. The van der Waals surface area contributed by atoms with Crippen molar-refractivity contribution in [2.75, 3.05) is 11.9 Å². The molecule has 0 aliphatic carbocycles. The van der Waals surface area contributed by atoms with Gasteiger partial charge in [-0.2, -0.15) is 0 Å². The van der Waals surface area contributed by atoms with Crippen molar-refractivity contribution in [3.05, 3.63) is 70.7 Å². The minimum Gasteiger partial charge on any atom is -0.451 e. The van der Waals surface area contributed by atoms with Crippen LogP contribution in [0, 0.1) is 0 Å². The normalized spacial score (nSPS) is 10.5. The molecule has 2 aromatic carbocycles. The van der Waals surface area contributed by atoms with Crippen LogP contribution >= 0.6 is 11.3 Å². The number of hydrogen-bond acceptors (Lipinski definition) is 5. The van der Waals surface area contributed by atoms with Gasteiger partial charge in [0.1, 0.15) is 5.01 Å². The first-order valence-electron chi connectivity index (χ1n) is 9.19. The average Bonchev–Trinajstić information content (AvgIpc) is 3.22. The van der Waals surface area contributed by atoms with E-state index in [0.717, 1.165) is 29.0 Å². The topological polar surface area (TPSA) is 68.3 Å². The fraction of sp³-hybridized carbons (Fsp3) is 0.227. The summed E-state index contributed by atoms with van der Waals surface area (Å²) in [6.07, 6.45) is 1.85. The maximum Gasteiger partial charge on any atom is 0.358 e. The van der Waals surface area contributed by atoms with Gasteiger partial charge in [0.15, 0.2) is 12.3 Å². The monoisotopic (exact) mass is 394 g/mol. The second kappa shape index (κ2) is 9.28. The molecule has 0 spiro atoms. The van der Waals surface area contributed by atoms with E-state index in [-0.39, 0.29) is 18.2 Å². The van der Waals surface area contributed by atoms with E-state index < -0.39 is 5.97 Å². The first-order valence-corrected chi connectivity index (χ1v) is 10.1. The van der Waals surface area contributed by atoms with Crippen LogP contribution in [0.5, 0.6) is 0 Å². The molecule has 0 aliphatic rings. The van der Waals surface area contributed by atoms with Gasteiger partial charge in [-0.05, 0) is 36.1 Å². The Balaban J connectivity index is 1.56. The Bertz CT molecular complexity index is 964. The number of benzene rings is 2. The fourth-order valence-electron chi connectivity index (χ4n) is 2.65. The zero-order valence-electron chi connectivity index (χ0n) is 15.9. The van der Waals surface area contributed by atoms with E-state index in [0.29, 0.717) is 5.69 Å². The first kappa shape index (κ1) is 19.8. The van der Waals surface area contributed by atoms with E-state index in [2.05, 4.69) is 17.2 Å². The standard InChI is InChI=1S/C22H22N2O3S/c1-3-15-8-10-17(11-9-15)21-24-19(14-28-21)22(26)27-13-20(25)23-18-7-5-6-16(4-2)12-18/h5-12,14H,3-4,13H2,1-2H3,(H,23,25). The Hall–Kier alpha value is -2.99. The molecule has 0 aliphatic heterocycles. The maximum absolute atomic E-state index is 12.2. The molecular weight excluding hydrogens is 372 g/mol. The third kappa shape index (κ3) is 5.04. The van der Waals surface area contributed by atoms with E-state index in [9.17, 15) is 9.59 Å². The Morgan fingerprint density at radius 2 is 1.79 bits per heavy atom. The number of carbonyl (C=O) groups excluding carboxylic acids is 2. The van der Waals surface area contributed by atoms with Gasteiger partial charge in [0.05, 0.1) is 0 Å². The average molecular weight is 394 g/mol. The van der Waals surface area contributed by atoms with Crippen LogP contribution in [0.3, 0.4) is 0 Å². The summed E-state index contributed by atoms with van der Waals surface area (Å²) < 4.78 is 5.10. The third-order valence-electron chi connectivity index (χ3n) is 4.28. The minimum atomic E-state index is -0.606. The van der Waals surface area contributed by atoms with Gasteiger partial charge in [-0.25, -0.2) is 9.78 Å². The molecule has 1 amide bonds. The molecule has 0 saturated heterocycles. The minimum absolute atomic E-state index is 0.209. The number of nitrogens with one attached hydrogen (secondary N) is 1. The summed E-state index contributed by atoms with van der Waals surface area (Å²) >= 11 is 1.37. The van der Waals surface area contributed by atoms with Gasteiger partial charge in [0.25, 0.3) is 5.91 Å². The van der Waals surface area contributed by atoms with Crippen LogP contribution in [0.15, 0.2) is 53.9 Å². The summed E-state index contributed by atoms with van der Waals surface area (Å²) in [7, 11) is 0. The molecule has 5 nitrogen and oxygen atoms in total. The fourth-order valence-corrected chi connectivity index (χ4v) is 3.45. The van der Waals surface area contributed by atoms with Crippen molar-refractivity contribution in [3.63, 3.8) is 0 Å². The highest BCUT2D eigenvalue weighted by molar-refractivity contribution is 7.13. The molecular formula is C22H22N2O3S. The molecule has 1 heterocycles. The van der Waals surface area contributed by atoms with Gasteiger partial charge >= 0.3 is 5.97 Å². The van der Waals surface area contributed by atoms with Gasteiger partial charge in [0.2, 0.25) is 0 Å². The van der Waals surface area contributed by atoms with Crippen LogP contribution in [0.1, 0.15) is 35.5 Å². The van der Waals surface area contributed by atoms with Gasteiger partial charge in [-0.3, -0.25) is 4.79 Å². The van der Waals surface area contributed by atoms with Crippen LogP contribution in [0.25, 0.3) is 10.6 Å². The van der Waals surface area contributed by atoms with E-state index in [1.165, 1.54) is 16.9 Å². The molecule has 1 N–H and O–H groups in total. The summed E-state index contributed by atoms with van der Waals surface area (Å²) in [6, 6.07) is 15.6. The lowest BCUT2D eigenvalue weighted by Gasteiger charge is -2.07. The van der Waals surface area contributed by atoms with Gasteiger partial charge in [-0.1, -0.05) is 50.2 Å². The van der Waals surface area contributed by atoms with Crippen LogP contribution in [-0.2, 0) is 22.4 Å². The molecule has 0 saturated carbocycles. The van der Waals surface area contributed by atoms with Crippen LogP contribution < -0.4 is 5.32 Å². The number of anilines is 1. The van der Waals surface area contributed by atoms with Gasteiger partial charge < -0.3 is 10.1 Å². The van der Waals surface area contributed by atoms with E-state index in [1.54, 1.807) is 11.4 Å². The highest BCUT2D eigenvalue weighted by Crippen LogP contribution is 2.24. The predicted molar refractivity (Wildman–Crippen MR) is 112 cm³/mol. The zero-order valence-corrected chi connectivity index (χ0v) is 16.7. The number of thiazole rings is 1. The maximum atomic E-state index is 12.2. The van der Waals surface area contributed by atoms with E-state index in [1.807, 2.05) is 49.4 Å². The molecule has 3 aromatic rings. The Morgan fingerprint density at radius 1 is 1.04 bits per heavy atom. The summed E-state index contributed by atoms with van der Waals surface area (Å²) in [5.74, 6) is -0.989. The molecule has 0 bridgehead atoms. The molecule has 0 fully saturated rings. The number of esters is 1. The van der Waals surface area contributed by atoms with Crippen LogP contribution in [0.4, 0.5) is 5.69 Å². The summed E-state index contributed by atoms with van der Waals surface area (Å²) in [5, 5.41) is 5.12. The number of rotatable bonds is 7. The number of carbonyl (C=O) groups is 2. The molecule has 6 heteroatoms. The predicted octanol–water partition coefficient (Wildman–Crippen LogP) is 4.73. The number of amides is 1. The van der Waals surface area contributed by atoms with E-state index >= 15 is 0 Å².